The topological polar surface area (TPSA) is 82.2 Å². The van der Waals surface area contributed by atoms with Crippen LogP contribution in [0, 0.1) is 0 Å². The Morgan fingerprint density at radius 3 is 1.89 bits per heavy atom. The van der Waals surface area contributed by atoms with Crippen molar-refractivity contribution >= 4 is 63.9 Å². The molecule has 0 unspecified atom stereocenters. The smallest absolute Gasteiger partial charge is 0.497 e. The molecule has 0 aliphatic carbocycles. The summed E-state index contributed by atoms with van der Waals surface area (Å²) in [7, 11) is 4.75. The van der Waals surface area contributed by atoms with E-state index < -0.39 is 19.5 Å². The van der Waals surface area contributed by atoms with E-state index in [-0.39, 0.29) is 0 Å². The number of ether oxygens (including phenoxy) is 4. The minimum atomic E-state index is -4.50. The zero-order valence-electron chi connectivity index (χ0n) is 29.7. The van der Waals surface area contributed by atoms with Gasteiger partial charge in [-0.15, -0.1) is 22.7 Å². The highest BCUT2D eigenvalue weighted by Gasteiger charge is 2.56. The van der Waals surface area contributed by atoms with Gasteiger partial charge in [0.05, 0.1) is 37.3 Å². The maximum atomic E-state index is 18.1. The van der Waals surface area contributed by atoms with Crippen LogP contribution in [0.1, 0.15) is 21.7 Å². The minimum absolute atomic E-state index is 0.389. The van der Waals surface area contributed by atoms with Crippen molar-refractivity contribution in [2.75, 3.05) is 27.9 Å². The summed E-state index contributed by atoms with van der Waals surface area (Å²) in [5, 5.41) is 10.3. The summed E-state index contributed by atoms with van der Waals surface area (Å²) in [5.74, 6) is 1.22. The lowest BCUT2D eigenvalue weighted by Crippen LogP contribution is -2.50. The normalized spacial score (nSPS) is 13.9. The number of methoxy groups -OCH3 is 3. The van der Waals surface area contributed by atoms with Gasteiger partial charge in [-0.3, -0.25) is 0 Å². The largest absolute Gasteiger partial charge is 0.738 e. The number of carboxylic acids is 1. The van der Waals surface area contributed by atoms with Crippen LogP contribution in [-0.4, -0.2) is 60.7 Å². The molecule has 7 aromatic rings. The number of benzene rings is 4. The fourth-order valence-corrected chi connectivity index (χ4v) is 9.58. The Bertz CT molecular complexity index is 2730. The first kappa shape index (κ1) is 34.6. The number of carbonyl (C=O) groups is 1. The van der Waals surface area contributed by atoms with Crippen molar-refractivity contribution in [3.63, 3.8) is 0 Å². The molecular formula is C42H31BF2N2O6S2. The second-order valence-electron chi connectivity index (χ2n) is 13.0. The number of hydrogen-bond acceptors (Lipinski definition) is 7. The zero-order valence-corrected chi connectivity index (χ0v) is 31.3. The number of halogens is 2. The number of carboxylic acid groups (broad SMARTS) is 1. The van der Waals surface area contributed by atoms with Gasteiger partial charge in [0.15, 0.2) is 18.0 Å². The molecule has 13 heteroatoms. The first-order valence-corrected chi connectivity index (χ1v) is 18.9. The molecule has 1 N–H and O–H groups in total. The summed E-state index contributed by atoms with van der Waals surface area (Å²) in [4.78, 5) is 14.1. The number of fused-ring (bicyclic) bond motifs is 6. The van der Waals surface area contributed by atoms with Gasteiger partial charge in [-0.2, -0.15) is 0 Å². The first-order chi connectivity index (χ1) is 26.7. The van der Waals surface area contributed by atoms with E-state index in [1.807, 2.05) is 97.1 Å². The molecule has 2 aliphatic rings. The summed E-state index contributed by atoms with van der Waals surface area (Å²) in [6.07, 6.45) is 1.87. The van der Waals surface area contributed by atoms with Crippen molar-refractivity contribution in [2.24, 2.45) is 0 Å². The Balaban J connectivity index is 1.24. The van der Waals surface area contributed by atoms with Crippen LogP contribution in [0.2, 0.25) is 0 Å². The van der Waals surface area contributed by atoms with Crippen molar-refractivity contribution in [2.45, 2.75) is 0 Å². The number of nitrogens with zero attached hydrogens (tertiary/aromatic N) is 2. The molecule has 3 aromatic heterocycles. The van der Waals surface area contributed by atoms with Crippen LogP contribution in [0.4, 0.5) is 8.63 Å². The minimum Gasteiger partial charge on any atom is -0.497 e. The van der Waals surface area contributed by atoms with Crippen LogP contribution in [0.3, 0.4) is 0 Å². The van der Waals surface area contributed by atoms with E-state index >= 15 is 8.63 Å². The van der Waals surface area contributed by atoms with Gasteiger partial charge < -0.3 is 41.6 Å². The highest BCUT2D eigenvalue weighted by molar-refractivity contribution is 7.19. The third kappa shape index (κ3) is 5.69. The summed E-state index contributed by atoms with van der Waals surface area (Å²) < 4.78 is 60.5. The molecule has 274 valence electrons. The van der Waals surface area contributed by atoms with Crippen LogP contribution in [-0.2, 0) is 4.79 Å². The van der Waals surface area contributed by atoms with Gasteiger partial charge in [0.1, 0.15) is 23.0 Å². The van der Waals surface area contributed by atoms with Crippen molar-refractivity contribution in [1.82, 2.24) is 4.48 Å². The highest BCUT2D eigenvalue weighted by atomic mass is 32.1. The molecule has 0 bridgehead atoms. The zero-order chi connectivity index (χ0) is 38.0. The van der Waals surface area contributed by atoms with E-state index in [2.05, 4.69) is 0 Å². The van der Waals surface area contributed by atoms with Gasteiger partial charge in [0.2, 0.25) is 0 Å². The van der Waals surface area contributed by atoms with Gasteiger partial charge in [0, 0.05) is 42.9 Å². The van der Waals surface area contributed by atoms with Gasteiger partial charge in [0.25, 0.3) is 0 Å². The average Bonchev–Trinajstić information content (AvgIpc) is 4.01. The van der Waals surface area contributed by atoms with Crippen molar-refractivity contribution in [3.8, 4) is 54.5 Å². The van der Waals surface area contributed by atoms with Crippen LogP contribution >= 0.6 is 22.7 Å². The monoisotopic (exact) mass is 772 g/mol. The van der Waals surface area contributed by atoms with Gasteiger partial charge >= 0.3 is 12.9 Å². The second-order valence-corrected chi connectivity index (χ2v) is 15.2. The third-order valence-electron chi connectivity index (χ3n) is 9.97. The van der Waals surface area contributed by atoms with E-state index in [0.29, 0.717) is 71.7 Å². The van der Waals surface area contributed by atoms with Crippen molar-refractivity contribution in [3.05, 3.63) is 131 Å². The maximum absolute atomic E-state index is 18.1. The number of rotatable bonds is 10. The van der Waals surface area contributed by atoms with Crippen LogP contribution < -0.4 is 18.9 Å². The van der Waals surface area contributed by atoms with Gasteiger partial charge in [-0.1, -0.05) is 0 Å². The van der Waals surface area contributed by atoms with Crippen LogP contribution in [0.5, 0.6) is 23.0 Å². The SMILES string of the molecule is COc1ccc(-c2ccc(-c3c4cc(OC)ccc4c4n3[B-](F)(F)[N+]3=C(c5ccc(-c6ccc(OCC(=O)O)cc6)s5)c5cc(OC)ccc5C3=C4)s2)cc1. The van der Waals surface area contributed by atoms with Crippen LogP contribution in [0.15, 0.2) is 109 Å². The van der Waals surface area contributed by atoms with E-state index in [9.17, 15) is 4.79 Å². The molecule has 2 aliphatic heterocycles. The Hall–Kier alpha value is -6.18. The molecule has 9 rings (SSSR count). The average molecular weight is 773 g/mol. The molecule has 55 heavy (non-hydrogen) atoms. The Morgan fingerprint density at radius 2 is 1.24 bits per heavy atom. The van der Waals surface area contributed by atoms with Gasteiger partial charge in [-0.05, 0) is 120 Å². The molecule has 0 amide bonds. The first-order valence-electron chi connectivity index (χ1n) is 17.3. The molecule has 0 spiro atoms. The quantitative estimate of drug-likeness (QED) is 0.140. The molecule has 0 atom stereocenters. The molecule has 0 saturated heterocycles. The predicted molar refractivity (Wildman–Crippen MR) is 214 cm³/mol. The third-order valence-corrected chi connectivity index (χ3v) is 12.2. The van der Waals surface area contributed by atoms with Crippen molar-refractivity contribution < 1.29 is 42.0 Å². The molecule has 4 aromatic carbocycles. The molecule has 0 radical (unpaired) electrons. The lowest BCUT2D eigenvalue weighted by atomic mass is 9.89. The highest BCUT2D eigenvalue weighted by Crippen LogP contribution is 2.49. The number of hydrogen-bond donors (Lipinski definition) is 1. The van der Waals surface area contributed by atoms with Gasteiger partial charge in [-0.25, -0.2) is 4.79 Å². The number of aliphatic carboxylic acids is 1. The molecular weight excluding hydrogens is 741 g/mol. The van der Waals surface area contributed by atoms with Crippen LogP contribution in [0.25, 0.3) is 54.0 Å². The lowest BCUT2D eigenvalue weighted by molar-refractivity contribution is -0.316. The summed E-state index contributed by atoms with van der Waals surface area (Å²) in [6, 6.07) is 33.4. The standard InChI is InChI=1S/C42H31BF2N2O6S2/c1-50-26-8-4-24(5-9-26)36-16-18-38(54-36)41-32-20-28(51-2)12-14-30(32)34-22-35-31-15-13-29(52-3)21-33(31)42(47(35)43(44,45)46(34)41)39-19-17-37(55-39)25-6-10-27(11-7-25)53-23-40(48)49/h4-22H,23H2,1-3H3,(H,48,49). The van der Waals surface area contributed by atoms with Crippen molar-refractivity contribution in [1.29, 1.82) is 0 Å². The maximum Gasteiger partial charge on any atom is 0.738 e. The number of thiophene rings is 2. The fourth-order valence-electron chi connectivity index (χ4n) is 7.44. The Kier molecular flexibility index (Phi) is 8.36. The molecule has 0 fully saturated rings. The summed E-state index contributed by atoms with van der Waals surface area (Å²) in [5.41, 5.74) is 4.76. The van der Waals surface area contributed by atoms with E-state index in [1.165, 1.54) is 31.6 Å². The Morgan fingerprint density at radius 1 is 0.673 bits per heavy atom. The molecule has 0 saturated carbocycles. The number of aromatic nitrogens is 1. The fraction of sp³-hybridized carbons (Fsp3) is 0.0952. The Labute approximate surface area is 322 Å². The lowest BCUT2D eigenvalue weighted by Gasteiger charge is -2.30. The predicted octanol–water partition coefficient (Wildman–Crippen LogP) is 9.85. The summed E-state index contributed by atoms with van der Waals surface area (Å²) in [6.45, 7) is -4.95. The second kappa shape index (κ2) is 13.3. The van der Waals surface area contributed by atoms with E-state index in [4.69, 9.17) is 24.1 Å². The molecule has 8 nitrogen and oxygen atoms in total. The van der Waals surface area contributed by atoms with E-state index in [0.717, 1.165) is 26.6 Å². The van der Waals surface area contributed by atoms with E-state index in [1.54, 1.807) is 39.5 Å². The summed E-state index contributed by atoms with van der Waals surface area (Å²) >= 11 is 2.85. The molecule has 5 heterocycles.